The van der Waals surface area contributed by atoms with Crippen LogP contribution in [0.1, 0.15) is 38.9 Å². The van der Waals surface area contributed by atoms with Crippen molar-refractivity contribution < 1.29 is 9.90 Å². The summed E-state index contributed by atoms with van der Waals surface area (Å²) in [5.41, 5.74) is 0.992. The number of aromatic nitrogens is 2. The minimum atomic E-state index is -0.754. The first kappa shape index (κ1) is 13.7. The number of hydrogen-bond acceptors (Lipinski definition) is 3. The van der Waals surface area contributed by atoms with Crippen molar-refractivity contribution in [3.63, 3.8) is 0 Å². The number of carbonyl (C=O) groups is 1. The molecule has 0 atom stereocenters. The largest absolute Gasteiger partial charge is 0.481 e. The van der Waals surface area contributed by atoms with Gasteiger partial charge in [0.25, 0.3) is 0 Å². The first-order valence-electron chi connectivity index (χ1n) is 6.01. The first-order valence-corrected chi connectivity index (χ1v) is 6.01. The van der Waals surface area contributed by atoms with Gasteiger partial charge in [0.15, 0.2) is 0 Å². The molecule has 0 bridgehead atoms. The van der Waals surface area contributed by atoms with Crippen molar-refractivity contribution in [2.45, 2.75) is 39.8 Å². The zero-order chi connectivity index (χ0) is 12.8. The van der Waals surface area contributed by atoms with Crippen molar-refractivity contribution in [1.82, 2.24) is 14.7 Å². The summed E-state index contributed by atoms with van der Waals surface area (Å²) in [6.07, 6.45) is 2.14. The molecule has 0 spiro atoms. The average Bonchev–Trinajstić information content (AvgIpc) is 2.72. The summed E-state index contributed by atoms with van der Waals surface area (Å²) < 4.78 is 1.92. The molecule has 17 heavy (non-hydrogen) atoms. The van der Waals surface area contributed by atoms with E-state index in [0.717, 1.165) is 12.2 Å². The summed E-state index contributed by atoms with van der Waals surface area (Å²) in [4.78, 5) is 12.6. The van der Waals surface area contributed by atoms with Gasteiger partial charge in [0.1, 0.15) is 0 Å². The maximum Gasteiger partial charge on any atom is 0.304 e. The van der Waals surface area contributed by atoms with E-state index in [2.05, 4.69) is 23.8 Å². The highest BCUT2D eigenvalue weighted by Gasteiger charge is 2.09. The number of carboxylic acids is 1. The van der Waals surface area contributed by atoms with Crippen LogP contribution < -0.4 is 0 Å². The molecule has 0 aliphatic carbocycles. The Kier molecular flexibility index (Phi) is 5.15. The standard InChI is InChI=1S/C12H21N3O2/c1-4-14(7-6-12(16)17)9-11-5-8-15(13-11)10(2)3/h5,8,10H,4,6-7,9H2,1-3H3,(H,16,17). The zero-order valence-electron chi connectivity index (χ0n) is 10.8. The Hall–Kier alpha value is -1.36. The molecule has 0 aliphatic heterocycles. The second-order valence-corrected chi connectivity index (χ2v) is 4.39. The smallest absolute Gasteiger partial charge is 0.304 e. The Balaban J connectivity index is 2.51. The molecule has 0 aromatic carbocycles. The lowest BCUT2D eigenvalue weighted by atomic mass is 10.3. The van der Waals surface area contributed by atoms with Gasteiger partial charge in [0, 0.05) is 25.3 Å². The van der Waals surface area contributed by atoms with Gasteiger partial charge in [0.2, 0.25) is 0 Å². The van der Waals surface area contributed by atoms with E-state index in [1.54, 1.807) is 0 Å². The number of rotatable bonds is 7. The lowest BCUT2D eigenvalue weighted by molar-refractivity contribution is -0.137. The minimum Gasteiger partial charge on any atom is -0.481 e. The SMILES string of the molecule is CCN(CCC(=O)O)Cc1ccn(C(C)C)n1. The Labute approximate surface area is 102 Å². The maximum atomic E-state index is 10.5. The Bertz CT molecular complexity index is 360. The van der Waals surface area contributed by atoms with Crippen LogP contribution in [0.15, 0.2) is 12.3 Å². The normalized spacial score (nSPS) is 11.4. The van der Waals surface area contributed by atoms with Crippen LogP contribution in [0.5, 0.6) is 0 Å². The van der Waals surface area contributed by atoms with Crippen LogP contribution in [-0.4, -0.2) is 38.8 Å². The molecule has 0 saturated heterocycles. The molecule has 0 fully saturated rings. The Morgan fingerprint density at radius 2 is 2.29 bits per heavy atom. The van der Waals surface area contributed by atoms with Crippen molar-refractivity contribution >= 4 is 5.97 Å². The van der Waals surface area contributed by atoms with Crippen LogP contribution in [0.2, 0.25) is 0 Å². The molecule has 0 aliphatic rings. The van der Waals surface area contributed by atoms with Crippen LogP contribution >= 0.6 is 0 Å². The maximum absolute atomic E-state index is 10.5. The van der Waals surface area contributed by atoms with Gasteiger partial charge in [-0.3, -0.25) is 14.4 Å². The van der Waals surface area contributed by atoms with E-state index in [-0.39, 0.29) is 6.42 Å². The molecule has 1 heterocycles. The molecule has 0 unspecified atom stereocenters. The lowest BCUT2D eigenvalue weighted by Crippen LogP contribution is -2.26. The molecule has 1 N–H and O–H groups in total. The van der Waals surface area contributed by atoms with Gasteiger partial charge in [-0.05, 0) is 26.5 Å². The number of carboxylic acid groups (broad SMARTS) is 1. The van der Waals surface area contributed by atoms with Crippen LogP contribution in [0, 0.1) is 0 Å². The quantitative estimate of drug-likeness (QED) is 0.787. The summed E-state index contributed by atoms with van der Waals surface area (Å²) in [7, 11) is 0. The second-order valence-electron chi connectivity index (χ2n) is 4.39. The molecule has 5 heteroatoms. The third-order valence-electron chi connectivity index (χ3n) is 2.67. The predicted octanol–water partition coefficient (Wildman–Crippen LogP) is 1.76. The van der Waals surface area contributed by atoms with Crippen LogP contribution in [0.3, 0.4) is 0 Å². The van der Waals surface area contributed by atoms with Gasteiger partial charge in [0.05, 0.1) is 12.1 Å². The van der Waals surface area contributed by atoms with Crippen molar-refractivity contribution in [3.8, 4) is 0 Å². The van der Waals surface area contributed by atoms with E-state index in [4.69, 9.17) is 5.11 Å². The fourth-order valence-electron chi connectivity index (χ4n) is 1.58. The molecule has 0 amide bonds. The van der Waals surface area contributed by atoms with Crippen molar-refractivity contribution in [1.29, 1.82) is 0 Å². The monoisotopic (exact) mass is 239 g/mol. The first-order chi connectivity index (χ1) is 8.02. The summed E-state index contributed by atoms with van der Waals surface area (Å²) >= 11 is 0. The fraction of sp³-hybridized carbons (Fsp3) is 0.667. The van der Waals surface area contributed by atoms with Gasteiger partial charge in [-0.1, -0.05) is 6.92 Å². The Morgan fingerprint density at radius 3 is 2.76 bits per heavy atom. The average molecular weight is 239 g/mol. The highest BCUT2D eigenvalue weighted by molar-refractivity contribution is 5.66. The molecule has 5 nitrogen and oxygen atoms in total. The summed E-state index contributed by atoms with van der Waals surface area (Å²) in [6, 6.07) is 2.35. The van der Waals surface area contributed by atoms with Crippen molar-refractivity contribution in [2.24, 2.45) is 0 Å². The third kappa shape index (κ3) is 4.56. The van der Waals surface area contributed by atoms with Gasteiger partial charge in [-0.15, -0.1) is 0 Å². The third-order valence-corrected chi connectivity index (χ3v) is 2.67. The summed E-state index contributed by atoms with van der Waals surface area (Å²) in [5.74, 6) is -0.754. The van der Waals surface area contributed by atoms with Crippen molar-refractivity contribution in [2.75, 3.05) is 13.1 Å². The number of hydrogen-bond donors (Lipinski definition) is 1. The molecule has 1 rings (SSSR count). The molecule has 1 aromatic heterocycles. The van der Waals surface area contributed by atoms with E-state index >= 15 is 0 Å². The highest BCUT2D eigenvalue weighted by atomic mass is 16.4. The molecule has 96 valence electrons. The molecular weight excluding hydrogens is 218 g/mol. The molecule has 0 saturated carbocycles. The molecule has 1 aromatic rings. The van der Waals surface area contributed by atoms with Gasteiger partial charge in [-0.25, -0.2) is 0 Å². The highest BCUT2D eigenvalue weighted by Crippen LogP contribution is 2.07. The van der Waals surface area contributed by atoms with Gasteiger partial charge in [-0.2, -0.15) is 5.10 Å². The van der Waals surface area contributed by atoms with Gasteiger partial charge >= 0.3 is 5.97 Å². The predicted molar refractivity (Wildman–Crippen MR) is 65.8 cm³/mol. The van der Waals surface area contributed by atoms with E-state index in [1.165, 1.54) is 0 Å². The number of nitrogens with zero attached hydrogens (tertiary/aromatic N) is 3. The van der Waals surface area contributed by atoms with E-state index in [0.29, 0.717) is 19.1 Å². The lowest BCUT2D eigenvalue weighted by Gasteiger charge is -2.17. The van der Waals surface area contributed by atoms with E-state index in [1.807, 2.05) is 23.9 Å². The topological polar surface area (TPSA) is 58.4 Å². The van der Waals surface area contributed by atoms with Gasteiger partial charge < -0.3 is 5.11 Å². The molecule has 0 radical (unpaired) electrons. The van der Waals surface area contributed by atoms with Crippen LogP contribution in [-0.2, 0) is 11.3 Å². The zero-order valence-corrected chi connectivity index (χ0v) is 10.8. The van der Waals surface area contributed by atoms with E-state index in [9.17, 15) is 4.79 Å². The summed E-state index contributed by atoms with van der Waals surface area (Å²) in [5, 5.41) is 13.1. The van der Waals surface area contributed by atoms with E-state index < -0.39 is 5.97 Å². The summed E-state index contributed by atoms with van der Waals surface area (Å²) in [6.45, 7) is 8.31. The van der Waals surface area contributed by atoms with Crippen LogP contribution in [0.4, 0.5) is 0 Å². The second kappa shape index (κ2) is 6.39. The fourth-order valence-corrected chi connectivity index (χ4v) is 1.58. The minimum absolute atomic E-state index is 0.179. The Morgan fingerprint density at radius 1 is 1.59 bits per heavy atom. The van der Waals surface area contributed by atoms with Crippen LogP contribution in [0.25, 0.3) is 0 Å². The van der Waals surface area contributed by atoms with Crippen molar-refractivity contribution in [3.05, 3.63) is 18.0 Å². The molecular formula is C12H21N3O2. The number of aliphatic carboxylic acids is 1.